The van der Waals surface area contributed by atoms with Crippen molar-refractivity contribution in [1.82, 2.24) is 5.32 Å². The minimum absolute atomic E-state index is 0.0899. The number of rotatable bonds is 7. The molecule has 4 nitrogen and oxygen atoms in total. The highest BCUT2D eigenvalue weighted by molar-refractivity contribution is 5.46. The molecule has 1 N–H and O–H groups in total. The van der Waals surface area contributed by atoms with Crippen molar-refractivity contribution in [2.75, 3.05) is 20.3 Å². The van der Waals surface area contributed by atoms with Crippen LogP contribution in [0.15, 0.2) is 18.2 Å². The molecule has 118 valence electrons. The lowest BCUT2D eigenvalue weighted by Gasteiger charge is -2.23. The molecule has 0 saturated carbocycles. The molecule has 1 atom stereocenters. The molecule has 0 bridgehead atoms. The molecule has 0 aliphatic carbocycles. The molecular formula is C15H21F2NO3. The van der Waals surface area contributed by atoms with Gasteiger partial charge in [-0.2, -0.15) is 8.78 Å². The predicted octanol–water partition coefficient (Wildman–Crippen LogP) is 2.96. The van der Waals surface area contributed by atoms with E-state index in [9.17, 15) is 8.78 Å². The van der Waals surface area contributed by atoms with Crippen LogP contribution in [-0.2, 0) is 11.3 Å². The van der Waals surface area contributed by atoms with Gasteiger partial charge >= 0.3 is 6.61 Å². The lowest BCUT2D eigenvalue weighted by molar-refractivity contribution is -0.0519. The number of para-hydroxylation sites is 1. The van der Waals surface area contributed by atoms with Gasteiger partial charge in [0.25, 0.3) is 0 Å². The van der Waals surface area contributed by atoms with E-state index in [4.69, 9.17) is 9.47 Å². The Hall–Kier alpha value is -1.40. The lowest BCUT2D eigenvalue weighted by Crippen LogP contribution is -2.31. The number of hydrogen-bond donors (Lipinski definition) is 1. The standard InChI is InChI=1S/C15H21F2NO3/c1-19-13-7-4-5-11(14(13)21-15(16)17)9-18-10-12-6-2-3-8-20-12/h4-5,7,12,15,18H,2-3,6,8-10H2,1H3. The summed E-state index contributed by atoms with van der Waals surface area (Å²) in [4.78, 5) is 0. The van der Waals surface area contributed by atoms with Crippen LogP contribution in [0.25, 0.3) is 0 Å². The van der Waals surface area contributed by atoms with E-state index in [1.165, 1.54) is 13.5 Å². The quantitative estimate of drug-likeness (QED) is 0.840. The summed E-state index contributed by atoms with van der Waals surface area (Å²) in [5.74, 6) is 0.399. The van der Waals surface area contributed by atoms with Gasteiger partial charge in [-0.25, -0.2) is 0 Å². The minimum atomic E-state index is -2.87. The normalized spacial score (nSPS) is 18.8. The second-order valence-electron chi connectivity index (χ2n) is 4.95. The van der Waals surface area contributed by atoms with Gasteiger partial charge in [0.1, 0.15) is 0 Å². The van der Waals surface area contributed by atoms with Crippen LogP contribution in [-0.4, -0.2) is 33.0 Å². The van der Waals surface area contributed by atoms with Crippen LogP contribution in [0.2, 0.25) is 0 Å². The van der Waals surface area contributed by atoms with E-state index >= 15 is 0 Å². The van der Waals surface area contributed by atoms with Crippen LogP contribution in [0.1, 0.15) is 24.8 Å². The number of halogens is 2. The molecule has 0 radical (unpaired) electrons. The predicted molar refractivity (Wildman–Crippen MR) is 74.9 cm³/mol. The molecule has 0 amide bonds. The Kier molecular flexibility index (Phi) is 6.20. The number of nitrogens with one attached hydrogen (secondary N) is 1. The largest absolute Gasteiger partial charge is 0.493 e. The zero-order valence-electron chi connectivity index (χ0n) is 12.1. The van der Waals surface area contributed by atoms with Crippen molar-refractivity contribution in [2.45, 2.75) is 38.5 Å². The van der Waals surface area contributed by atoms with Gasteiger partial charge < -0.3 is 19.5 Å². The van der Waals surface area contributed by atoms with E-state index in [1.807, 2.05) is 0 Å². The van der Waals surface area contributed by atoms with Gasteiger partial charge in [-0.15, -0.1) is 0 Å². The lowest BCUT2D eigenvalue weighted by atomic mass is 10.1. The molecule has 1 aromatic carbocycles. The minimum Gasteiger partial charge on any atom is -0.493 e. The van der Waals surface area contributed by atoms with E-state index in [-0.39, 0.29) is 11.9 Å². The Morgan fingerprint density at radius 3 is 2.90 bits per heavy atom. The topological polar surface area (TPSA) is 39.7 Å². The maximum Gasteiger partial charge on any atom is 0.387 e. The Morgan fingerprint density at radius 2 is 2.24 bits per heavy atom. The van der Waals surface area contributed by atoms with Crippen molar-refractivity contribution in [3.63, 3.8) is 0 Å². The first-order valence-corrected chi connectivity index (χ1v) is 7.13. The third kappa shape index (κ3) is 4.82. The Labute approximate surface area is 123 Å². The van der Waals surface area contributed by atoms with Crippen molar-refractivity contribution < 1.29 is 23.0 Å². The second kappa shape index (κ2) is 8.14. The summed E-state index contributed by atoms with van der Waals surface area (Å²) in [6.45, 7) is -0.947. The van der Waals surface area contributed by atoms with E-state index in [1.54, 1.807) is 18.2 Å². The van der Waals surface area contributed by atoms with Crippen molar-refractivity contribution in [1.29, 1.82) is 0 Å². The number of benzene rings is 1. The molecular weight excluding hydrogens is 280 g/mol. The van der Waals surface area contributed by atoms with Crippen LogP contribution in [0.4, 0.5) is 8.78 Å². The molecule has 1 aliphatic rings. The molecule has 0 spiro atoms. The average molecular weight is 301 g/mol. The first-order valence-electron chi connectivity index (χ1n) is 7.13. The second-order valence-corrected chi connectivity index (χ2v) is 4.95. The fraction of sp³-hybridized carbons (Fsp3) is 0.600. The van der Waals surface area contributed by atoms with Crippen molar-refractivity contribution >= 4 is 0 Å². The summed E-state index contributed by atoms with van der Waals surface area (Å²) < 4.78 is 40.3. The summed E-state index contributed by atoms with van der Waals surface area (Å²) in [5.41, 5.74) is 0.644. The zero-order chi connectivity index (χ0) is 15.1. The van der Waals surface area contributed by atoms with Gasteiger partial charge in [0.05, 0.1) is 13.2 Å². The molecule has 1 fully saturated rings. The molecule has 1 saturated heterocycles. The molecule has 21 heavy (non-hydrogen) atoms. The van der Waals surface area contributed by atoms with E-state index in [0.29, 0.717) is 24.4 Å². The summed E-state index contributed by atoms with van der Waals surface area (Å²) in [5, 5.41) is 3.23. The van der Waals surface area contributed by atoms with Gasteiger partial charge in [-0.1, -0.05) is 12.1 Å². The highest BCUT2D eigenvalue weighted by atomic mass is 19.3. The van der Waals surface area contributed by atoms with Gasteiger partial charge in [0.2, 0.25) is 0 Å². The molecule has 6 heteroatoms. The number of alkyl halides is 2. The monoisotopic (exact) mass is 301 g/mol. The van der Waals surface area contributed by atoms with Crippen LogP contribution >= 0.6 is 0 Å². The van der Waals surface area contributed by atoms with Crippen molar-refractivity contribution in [2.24, 2.45) is 0 Å². The van der Waals surface area contributed by atoms with Crippen LogP contribution < -0.4 is 14.8 Å². The van der Waals surface area contributed by atoms with E-state index in [2.05, 4.69) is 10.1 Å². The number of hydrogen-bond acceptors (Lipinski definition) is 4. The maximum atomic E-state index is 12.5. The molecule has 1 aliphatic heterocycles. The maximum absolute atomic E-state index is 12.5. The molecule has 1 aromatic rings. The van der Waals surface area contributed by atoms with E-state index < -0.39 is 6.61 Å². The van der Waals surface area contributed by atoms with Crippen molar-refractivity contribution in [3.05, 3.63) is 23.8 Å². The summed E-state index contributed by atoms with van der Waals surface area (Å²) in [7, 11) is 1.43. The number of ether oxygens (including phenoxy) is 3. The molecule has 0 aromatic heterocycles. The van der Waals surface area contributed by atoms with E-state index in [0.717, 1.165) is 19.4 Å². The third-order valence-corrected chi connectivity index (χ3v) is 3.45. The Balaban J connectivity index is 1.94. The van der Waals surface area contributed by atoms with Gasteiger partial charge in [0, 0.05) is 25.3 Å². The van der Waals surface area contributed by atoms with Crippen LogP contribution in [0, 0.1) is 0 Å². The summed E-state index contributed by atoms with van der Waals surface area (Å²) in [6.07, 6.45) is 3.51. The third-order valence-electron chi connectivity index (χ3n) is 3.45. The molecule has 1 unspecified atom stereocenters. The van der Waals surface area contributed by atoms with Gasteiger partial charge in [-0.05, 0) is 25.3 Å². The fourth-order valence-corrected chi connectivity index (χ4v) is 2.42. The molecule has 2 rings (SSSR count). The van der Waals surface area contributed by atoms with Crippen LogP contribution in [0.3, 0.4) is 0 Å². The smallest absolute Gasteiger partial charge is 0.387 e. The first-order chi connectivity index (χ1) is 10.2. The summed E-state index contributed by atoms with van der Waals surface area (Å²) >= 11 is 0. The molecule has 1 heterocycles. The SMILES string of the molecule is COc1cccc(CNCC2CCCCO2)c1OC(F)F. The Morgan fingerprint density at radius 1 is 1.38 bits per heavy atom. The van der Waals surface area contributed by atoms with Crippen molar-refractivity contribution in [3.8, 4) is 11.5 Å². The van der Waals surface area contributed by atoms with Crippen LogP contribution in [0.5, 0.6) is 11.5 Å². The zero-order valence-corrected chi connectivity index (χ0v) is 12.1. The fourth-order valence-electron chi connectivity index (χ4n) is 2.42. The first kappa shape index (κ1) is 16.0. The Bertz CT molecular complexity index is 437. The van der Waals surface area contributed by atoms with Gasteiger partial charge in [-0.3, -0.25) is 0 Å². The highest BCUT2D eigenvalue weighted by Gasteiger charge is 2.16. The number of methoxy groups -OCH3 is 1. The van der Waals surface area contributed by atoms with Gasteiger partial charge in [0.15, 0.2) is 11.5 Å². The summed E-state index contributed by atoms with van der Waals surface area (Å²) in [6, 6.07) is 5.10. The highest BCUT2D eigenvalue weighted by Crippen LogP contribution is 2.32. The average Bonchev–Trinajstić information content (AvgIpc) is 2.49.